The fraction of sp³-hybridized carbons (Fsp3) is 0.667. The van der Waals surface area contributed by atoms with Crippen LogP contribution < -0.4 is 4.90 Å². The molecule has 5 nitrogen and oxygen atoms in total. The van der Waals surface area contributed by atoms with Crippen LogP contribution in [-0.2, 0) is 16.0 Å². The van der Waals surface area contributed by atoms with E-state index in [0.29, 0.717) is 13.2 Å². The molecule has 0 spiro atoms. The Balaban J connectivity index is 2.19. The third-order valence-electron chi connectivity index (χ3n) is 3.61. The van der Waals surface area contributed by atoms with Crippen LogP contribution in [0.3, 0.4) is 0 Å². The molecule has 0 saturated carbocycles. The lowest BCUT2D eigenvalue weighted by Gasteiger charge is -2.19. The minimum absolute atomic E-state index is 0.0446. The van der Waals surface area contributed by atoms with Gasteiger partial charge in [-0.2, -0.15) is 5.26 Å². The smallest absolute Gasteiger partial charge is 0.315 e. The van der Waals surface area contributed by atoms with E-state index in [1.807, 2.05) is 25.8 Å². The van der Waals surface area contributed by atoms with Crippen molar-refractivity contribution in [3.05, 3.63) is 10.6 Å². The zero-order valence-corrected chi connectivity index (χ0v) is 13.6. The van der Waals surface area contributed by atoms with E-state index in [1.54, 1.807) is 11.3 Å². The van der Waals surface area contributed by atoms with Crippen LogP contribution >= 0.6 is 11.3 Å². The van der Waals surface area contributed by atoms with Crippen molar-refractivity contribution in [3.63, 3.8) is 0 Å². The summed E-state index contributed by atoms with van der Waals surface area (Å²) in [6.07, 6.45) is 2.79. The number of anilines is 1. The molecule has 1 aromatic heterocycles. The van der Waals surface area contributed by atoms with E-state index in [0.717, 1.165) is 30.1 Å². The van der Waals surface area contributed by atoms with Crippen LogP contribution in [0.1, 0.15) is 43.2 Å². The highest BCUT2D eigenvalue weighted by Crippen LogP contribution is 2.38. The molecule has 2 atom stereocenters. The zero-order chi connectivity index (χ0) is 15.4. The van der Waals surface area contributed by atoms with Crippen LogP contribution in [0.2, 0.25) is 0 Å². The van der Waals surface area contributed by atoms with E-state index in [1.165, 1.54) is 4.88 Å². The molecule has 0 saturated heterocycles. The molecule has 1 heterocycles. The molecule has 0 radical (unpaired) electrons. The Bertz CT molecular complexity index is 550. The number of aryl methyl sites for hydroxylation is 1. The summed E-state index contributed by atoms with van der Waals surface area (Å²) < 4.78 is 5.16. The largest absolute Gasteiger partial charge is 0.465 e. The fourth-order valence-corrected chi connectivity index (χ4v) is 3.70. The predicted molar refractivity (Wildman–Crippen MR) is 82.5 cm³/mol. The molecule has 0 bridgehead atoms. The Morgan fingerprint density at radius 3 is 3.10 bits per heavy atom. The number of nitriles is 1. The van der Waals surface area contributed by atoms with Crippen LogP contribution in [0.25, 0.3) is 0 Å². The van der Waals surface area contributed by atoms with Gasteiger partial charge in [0.2, 0.25) is 0 Å². The molecule has 0 aliphatic heterocycles. The maximum Gasteiger partial charge on any atom is 0.315 e. The number of ether oxygens (including phenoxy) is 1. The number of rotatable bonds is 5. The summed E-state index contributed by atoms with van der Waals surface area (Å²) in [4.78, 5) is 19.9. The summed E-state index contributed by atoms with van der Waals surface area (Å²) in [5.74, 6) is -0.430. The maximum absolute atomic E-state index is 12.0. The summed E-state index contributed by atoms with van der Waals surface area (Å²) in [5, 5.41) is 9.80. The Morgan fingerprint density at radius 2 is 2.43 bits per heavy atom. The molecule has 0 fully saturated rings. The van der Waals surface area contributed by atoms with Crippen LogP contribution in [0, 0.1) is 17.2 Å². The second-order valence-electron chi connectivity index (χ2n) is 5.41. The van der Waals surface area contributed by atoms with Crippen molar-refractivity contribution < 1.29 is 9.53 Å². The number of carbonyl (C=O) groups excluding carboxylic acids is 1. The highest BCUT2D eigenvalue weighted by Gasteiger charge is 2.31. The van der Waals surface area contributed by atoms with Crippen molar-refractivity contribution in [2.75, 3.05) is 25.1 Å². The van der Waals surface area contributed by atoms with Gasteiger partial charge in [0.15, 0.2) is 5.13 Å². The lowest BCUT2D eigenvalue weighted by atomic mass is 9.91. The van der Waals surface area contributed by atoms with Gasteiger partial charge in [0.05, 0.1) is 24.3 Å². The number of nitrogens with zero attached hydrogens (tertiary/aromatic N) is 3. The van der Waals surface area contributed by atoms with Gasteiger partial charge in [-0.1, -0.05) is 0 Å². The lowest BCUT2D eigenvalue weighted by Crippen LogP contribution is -2.23. The summed E-state index contributed by atoms with van der Waals surface area (Å²) in [6.45, 7) is 4.77. The predicted octanol–water partition coefficient (Wildman–Crippen LogP) is 2.72. The standard InChI is InChI=1S/C15H21N3O2S/c1-4-20-14(19)11-6-5-7-12-13(11)17-15(21-12)18(3)9-10(2)8-16/h10-11H,4-7,9H2,1-3H3. The van der Waals surface area contributed by atoms with Gasteiger partial charge in [0, 0.05) is 18.5 Å². The monoisotopic (exact) mass is 307 g/mol. The highest BCUT2D eigenvalue weighted by atomic mass is 32.1. The number of carbonyl (C=O) groups is 1. The average molecular weight is 307 g/mol. The quantitative estimate of drug-likeness (QED) is 0.783. The molecule has 21 heavy (non-hydrogen) atoms. The minimum atomic E-state index is -0.222. The van der Waals surface area contributed by atoms with Gasteiger partial charge >= 0.3 is 5.97 Å². The maximum atomic E-state index is 12.0. The average Bonchev–Trinajstić information content (AvgIpc) is 2.91. The summed E-state index contributed by atoms with van der Waals surface area (Å²) >= 11 is 1.63. The molecule has 2 unspecified atom stereocenters. The van der Waals surface area contributed by atoms with Crippen molar-refractivity contribution in [2.45, 2.75) is 39.0 Å². The van der Waals surface area contributed by atoms with Gasteiger partial charge in [-0.3, -0.25) is 4.79 Å². The molecule has 0 N–H and O–H groups in total. The lowest BCUT2D eigenvalue weighted by molar-refractivity contribution is -0.145. The minimum Gasteiger partial charge on any atom is -0.465 e. The third kappa shape index (κ3) is 3.53. The number of hydrogen-bond donors (Lipinski definition) is 0. The van der Waals surface area contributed by atoms with Gasteiger partial charge in [0.1, 0.15) is 5.92 Å². The topological polar surface area (TPSA) is 66.2 Å². The number of hydrogen-bond acceptors (Lipinski definition) is 6. The zero-order valence-electron chi connectivity index (χ0n) is 12.8. The second-order valence-corrected chi connectivity index (χ2v) is 6.47. The van der Waals surface area contributed by atoms with E-state index in [9.17, 15) is 4.79 Å². The van der Waals surface area contributed by atoms with Crippen molar-refractivity contribution in [2.24, 2.45) is 5.92 Å². The van der Waals surface area contributed by atoms with E-state index in [-0.39, 0.29) is 17.8 Å². The van der Waals surface area contributed by atoms with Crippen molar-refractivity contribution >= 4 is 22.4 Å². The van der Waals surface area contributed by atoms with E-state index >= 15 is 0 Å². The molecule has 2 rings (SSSR count). The van der Waals surface area contributed by atoms with Gasteiger partial charge < -0.3 is 9.64 Å². The Morgan fingerprint density at radius 1 is 1.67 bits per heavy atom. The molecule has 114 valence electrons. The first kappa shape index (κ1) is 15.8. The fourth-order valence-electron chi connectivity index (χ4n) is 2.57. The Kier molecular flexibility index (Phi) is 5.18. The second kappa shape index (κ2) is 6.90. The van der Waals surface area contributed by atoms with E-state index in [2.05, 4.69) is 11.1 Å². The molecule has 6 heteroatoms. The first-order valence-corrected chi connectivity index (χ1v) is 8.15. The Labute approximate surface area is 129 Å². The highest BCUT2D eigenvalue weighted by molar-refractivity contribution is 7.15. The van der Waals surface area contributed by atoms with Crippen LogP contribution in [0.5, 0.6) is 0 Å². The van der Waals surface area contributed by atoms with E-state index in [4.69, 9.17) is 10.00 Å². The molecule has 0 aromatic carbocycles. The SMILES string of the molecule is CCOC(=O)C1CCCc2sc(N(C)CC(C)C#N)nc21. The number of aromatic nitrogens is 1. The number of esters is 1. The van der Waals surface area contributed by atoms with E-state index < -0.39 is 0 Å². The normalized spacial score (nSPS) is 18.5. The van der Waals surface area contributed by atoms with Crippen LogP contribution in [0.4, 0.5) is 5.13 Å². The Hall–Kier alpha value is -1.61. The molecule has 1 aliphatic rings. The molecule has 0 amide bonds. The van der Waals surface area contributed by atoms with Crippen LogP contribution in [0.15, 0.2) is 0 Å². The van der Waals surface area contributed by atoms with Gasteiger partial charge in [-0.05, 0) is 33.1 Å². The van der Waals surface area contributed by atoms with Gasteiger partial charge in [0.25, 0.3) is 0 Å². The van der Waals surface area contributed by atoms with Crippen molar-refractivity contribution in [3.8, 4) is 6.07 Å². The first-order chi connectivity index (χ1) is 10.1. The summed E-state index contributed by atoms with van der Waals surface area (Å²) in [6, 6.07) is 2.23. The van der Waals surface area contributed by atoms with Crippen LogP contribution in [-0.4, -0.2) is 31.2 Å². The number of thiazole rings is 1. The van der Waals surface area contributed by atoms with Crippen molar-refractivity contribution in [1.29, 1.82) is 5.26 Å². The third-order valence-corrected chi connectivity index (χ3v) is 4.85. The molecular weight excluding hydrogens is 286 g/mol. The van der Waals surface area contributed by atoms with Gasteiger partial charge in [-0.25, -0.2) is 4.98 Å². The molecule has 1 aromatic rings. The molecular formula is C15H21N3O2S. The summed E-state index contributed by atoms with van der Waals surface area (Å²) in [5.41, 5.74) is 0.885. The first-order valence-electron chi connectivity index (χ1n) is 7.33. The number of fused-ring (bicyclic) bond motifs is 1. The van der Waals surface area contributed by atoms with Gasteiger partial charge in [-0.15, -0.1) is 11.3 Å². The van der Waals surface area contributed by atoms with Crippen molar-refractivity contribution in [1.82, 2.24) is 4.98 Å². The summed E-state index contributed by atoms with van der Waals surface area (Å²) in [7, 11) is 1.94. The molecule has 1 aliphatic carbocycles.